The Bertz CT molecular complexity index is 2310. The van der Waals surface area contributed by atoms with E-state index in [1.807, 2.05) is 29.6 Å². The highest BCUT2D eigenvalue weighted by Gasteiger charge is 2.20. The molecule has 0 saturated heterocycles. The fourth-order valence-corrected chi connectivity index (χ4v) is 7.70. The van der Waals surface area contributed by atoms with Gasteiger partial charge in [0, 0.05) is 53.1 Å². The Morgan fingerprint density at radius 2 is 1.15 bits per heavy atom. The van der Waals surface area contributed by atoms with Gasteiger partial charge in [-0.05, 0) is 48.6 Å². The fraction of sp³-hybridized carbons (Fsp3) is 0. The zero-order chi connectivity index (χ0) is 26.1. The Labute approximate surface area is 229 Å². The number of fused-ring (bicyclic) bond motifs is 11. The van der Waals surface area contributed by atoms with Gasteiger partial charge in [-0.1, -0.05) is 86.0 Å². The lowest BCUT2D eigenvalue weighted by Gasteiger charge is -2.08. The van der Waals surface area contributed by atoms with Crippen LogP contribution < -0.4 is 0 Å². The molecule has 39 heavy (non-hydrogen) atoms. The van der Waals surface area contributed by atoms with Gasteiger partial charge in [0.1, 0.15) is 0 Å². The molecule has 0 aliphatic heterocycles. The number of aromatic nitrogens is 2. The molecule has 0 aliphatic rings. The van der Waals surface area contributed by atoms with Crippen molar-refractivity contribution in [3.05, 3.63) is 135 Å². The molecule has 3 heteroatoms. The zero-order valence-electron chi connectivity index (χ0n) is 21.3. The standard InChI is InChI=1S/C36H24N2S/c1-3-12-23(4-2)37-29-17-10-8-15-27(29)33-31(37)21-19-25-26-20-22-32-34(36(26)39-35(25)33)28-16-9-11-18-30(28)38(32)24-13-6-5-7-14-24/h3-22H,1-2H2/b23-12+. The van der Waals surface area contributed by atoms with Gasteiger partial charge >= 0.3 is 0 Å². The summed E-state index contributed by atoms with van der Waals surface area (Å²) in [5.74, 6) is 0. The summed E-state index contributed by atoms with van der Waals surface area (Å²) in [6.07, 6.45) is 5.76. The van der Waals surface area contributed by atoms with Crippen LogP contribution in [0.4, 0.5) is 0 Å². The van der Waals surface area contributed by atoms with Crippen molar-refractivity contribution in [1.29, 1.82) is 0 Å². The van der Waals surface area contributed by atoms with Crippen LogP contribution in [0.15, 0.2) is 135 Å². The third kappa shape index (κ3) is 2.96. The van der Waals surface area contributed by atoms with E-state index in [0.717, 1.165) is 5.70 Å². The molecule has 3 heterocycles. The van der Waals surface area contributed by atoms with Gasteiger partial charge < -0.3 is 9.13 Å². The topological polar surface area (TPSA) is 9.86 Å². The van der Waals surface area contributed by atoms with Crippen LogP contribution in [0.1, 0.15) is 0 Å². The van der Waals surface area contributed by atoms with Crippen molar-refractivity contribution < 1.29 is 0 Å². The molecular formula is C36H24N2S. The summed E-state index contributed by atoms with van der Waals surface area (Å²) in [5.41, 5.74) is 7.03. The second-order valence-corrected chi connectivity index (χ2v) is 10.9. The van der Waals surface area contributed by atoms with E-state index < -0.39 is 0 Å². The highest BCUT2D eigenvalue weighted by atomic mass is 32.1. The molecule has 184 valence electrons. The lowest BCUT2D eigenvalue weighted by Crippen LogP contribution is -1.93. The molecule has 3 aromatic heterocycles. The van der Waals surface area contributed by atoms with Crippen molar-refractivity contribution in [3.63, 3.8) is 0 Å². The number of hydrogen-bond acceptors (Lipinski definition) is 1. The quantitative estimate of drug-likeness (QED) is 0.206. The van der Waals surface area contributed by atoms with E-state index in [1.54, 1.807) is 0 Å². The van der Waals surface area contributed by atoms with E-state index in [9.17, 15) is 0 Å². The molecule has 2 nitrogen and oxygen atoms in total. The second-order valence-electron chi connectivity index (χ2n) is 9.85. The summed E-state index contributed by atoms with van der Waals surface area (Å²) in [7, 11) is 0. The molecule has 0 aliphatic carbocycles. The van der Waals surface area contributed by atoms with Crippen molar-refractivity contribution in [2.24, 2.45) is 0 Å². The van der Waals surface area contributed by atoms with E-state index in [0.29, 0.717) is 0 Å². The number of allylic oxidation sites excluding steroid dienone is 4. The van der Waals surface area contributed by atoms with E-state index in [4.69, 9.17) is 0 Å². The van der Waals surface area contributed by atoms with Gasteiger partial charge in [-0.15, -0.1) is 11.3 Å². The lowest BCUT2D eigenvalue weighted by molar-refractivity contribution is 1.18. The van der Waals surface area contributed by atoms with Gasteiger partial charge in [0.15, 0.2) is 0 Å². The molecule has 0 atom stereocenters. The minimum absolute atomic E-state index is 1.02. The minimum atomic E-state index is 1.02. The van der Waals surface area contributed by atoms with Crippen LogP contribution in [0.25, 0.3) is 75.2 Å². The number of benzene rings is 5. The molecular weight excluding hydrogens is 492 g/mol. The van der Waals surface area contributed by atoms with Gasteiger partial charge in [0.2, 0.25) is 0 Å². The summed E-state index contributed by atoms with van der Waals surface area (Å²) >= 11 is 1.91. The molecule has 5 aromatic carbocycles. The molecule has 0 unspecified atom stereocenters. The normalized spacial score (nSPS) is 12.5. The van der Waals surface area contributed by atoms with Crippen molar-refractivity contribution in [2.45, 2.75) is 0 Å². The number of para-hydroxylation sites is 3. The monoisotopic (exact) mass is 516 g/mol. The van der Waals surface area contributed by atoms with E-state index in [1.165, 1.54) is 69.5 Å². The van der Waals surface area contributed by atoms with E-state index in [-0.39, 0.29) is 0 Å². The Morgan fingerprint density at radius 1 is 0.564 bits per heavy atom. The van der Waals surface area contributed by atoms with Crippen molar-refractivity contribution in [3.8, 4) is 5.69 Å². The van der Waals surface area contributed by atoms with Crippen LogP contribution in [0.3, 0.4) is 0 Å². The largest absolute Gasteiger partial charge is 0.309 e. The summed E-state index contributed by atoms with van der Waals surface area (Å²) < 4.78 is 7.36. The maximum atomic E-state index is 4.10. The summed E-state index contributed by atoms with van der Waals surface area (Å²) in [6, 6.07) is 37.3. The van der Waals surface area contributed by atoms with Gasteiger partial charge in [0.05, 0.1) is 22.1 Å². The van der Waals surface area contributed by atoms with Gasteiger partial charge in [-0.25, -0.2) is 0 Å². The summed E-state index contributed by atoms with van der Waals surface area (Å²) in [5, 5.41) is 7.77. The maximum absolute atomic E-state index is 4.10. The Kier molecular flexibility index (Phi) is 4.73. The van der Waals surface area contributed by atoms with Crippen molar-refractivity contribution in [1.82, 2.24) is 9.13 Å². The number of nitrogens with zero attached hydrogens (tertiary/aromatic N) is 2. The van der Waals surface area contributed by atoms with Crippen LogP contribution in [0.2, 0.25) is 0 Å². The van der Waals surface area contributed by atoms with Crippen LogP contribution in [0, 0.1) is 0 Å². The lowest BCUT2D eigenvalue weighted by atomic mass is 10.1. The highest BCUT2D eigenvalue weighted by molar-refractivity contribution is 7.27. The van der Waals surface area contributed by atoms with Gasteiger partial charge in [-0.3, -0.25) is 0 Å². The van der Waals surface area contributed by atoms with Crippen molar-refractivity contribution in [2.75, 3.05) is 0 Å². The molecule has 0 amide bonds. The Hall–Kier alpha value is -4.86. The minimum Gasteiger partial charge on any atom is -0.309 e. The predicted octanol–water partition coefficient (Wildman–Crippen LogP) is 10.5. The Morgan fingerprint density at radius 3 is 1.85 bits per heavy atom. The molecule has 0 N–H and O–H groups in total. The molecule has 8 rings (SSSR count). The molecule has 8 aromatic rings. The third-order valence-corrected chi connectivity index (χ3v) is 9.10. The van der Waals surface area contributed by atoms with Crippen LogP contribution in [-0.2, 0) is 0 Å². The Balaban J connectivity index is 1.57. The first-order chi connectivity index (χ1) is 19.3. The fourth-order valence-electron chi connectivity index (χ4n) is 6.28. The molecule has 0 saturated carbocycles. The van der Waals surface area contributed by atoms with Gasteiger partial charge in [0.25, 0.3) is 0 Å². The maximum Gasteiger partial charge on any atom is 0.0555 e. The highest BCUT2D eigenvalue weighted by Crippen LogP contribution is 2.47. The second kappa shape index (κ2) is 8.32. The molecule has 0 bridgehead atoms. The predicted molar refractivity (Wildman–Crippen MR) is 171 cm³/mol. The van der Waals surface area contributed by atoms with E-state index >= 15 is 0 Å². The number of rotatable bonds is 4. The number of hydrogen-bond donors (Lipinski definition) is 0. The third-order valence-electron chi connectivity index (χ3n) is 7.85. The molecule has 0 spiro atoms. The van der Waals surface area contributed by atoms with Gasteiger partial charge in [-0.2, -0.15) is 0 Å². The smallest absolute Gasteiger partial charge is 0.0555 e. The first-order valence-electron chi connectivity index (χ1n) is 13.1. The average Bonchev–Trinajstić information content (AvgIpc) is 3.64. The van der Waals surface area contributed by atoms with Crippen LogP contribution in [0.5, 0.6) is 0 Å². The SMILES string of the molecule is C=C/C=C(\C=C)n1c2ccccc2c2c3sc4c(ccc5c4c4ccccc4n5-c4ccccc4)c3ccc21. The van der Waals surface area contributed by atoms with Crippen molar-refractivity contribution >= 4 is 80.8 Å². The first-order valence-corrected chi connectivity index (χ1v) is 13.9. The summed E-state index contributed by atoms with van der Waals surface area (Å²) in [6.45, 7) is 8.04. The molecule has 0 radical (unpaired) electrons. The van der Waals surface area contributed by atoms with Crippen LogP contribution in [-0.4, -0.2) is 9.13 Å². The van der Waals surface area contributed by atoms with Crippen LogP contribution >= 0.6 is 11.3 Å². The summed E-state index contributed by atoms with van der Waals surface area (Å²) in [4.78, 5) is 0. The van der Waals surface area contributed by atoms with E-state index in [2.05, 4.69) is 125 Å². The molecule has 0 fully saturated rings. The number of thiophene rings is 1. The average molecular weight is 517 g/mol. The zero-order valence-corrected chi connectivity index (χ0v) is 22.1. The first kappa shape index (κ1) is 22.2.